The standard InChI is InChI=1S/C21H22N2O3S2/c1-14-7-6-10-17(15(14)2)23-18-12-28(25,26)13-19(18)27-21(23)22-20(24)11-16-8-4-3-5-9-16/h3-10,18-19H,11-13H2,1-2H3/t18-,19-/m1/s1. The maximum atomic E-state index is 12.6. The smallest absolute Gasteiger partial charge is 0.252 e. The molecule has 2 heterocycles. The summed E-state index contributed by atoms with van der Waals surface area (Å²) in [5.41, 5.74) is 4.06. The van der Waals surface area contributed by atoms with Crippen LogP contribution in [0.15, 0.2) is 53.5 Å². The molecule has 2 saturated heterocycles. The Labute approximate surface area is 169 Å². The third-order valence-corrected chi connectivity index (χ3v) is 8.53. The quantitative estimate of drug-likeness (QED) is 0.772. The van der Waals surface area contributed by atoms with E-state index in [2.05, 4.69) is 4.99 Å². The molecular formula is C21H22N2O3S2. The second-order valence-corrected chi connectivity index (χ2v) is 10.7. The van der Waals surface area contributed by atoms with Gasteiger partial charge in [-0.3, -0.25) is 4.79 Å². The third kappa shape index (κ3) is 3.73. The zero-order valence-electron chi connectivity index (χ0n) is 15.8. The first-order valence-electron chi connectivity index (χ1n) is 9.22. The predicted octanol–water partition coefficient (Wildman–Crippen LogP) is 3.15. The molecule has 2 aromatic rings. The van der Waals surface area contributed by atoms with Gasteiger partial charge >= 0.3 is 0 Å². The van der Waals surface area contributed by atoms with Crippen LogP contribution in [0, 0.1) is 13.8 Å². The van der Waals surface area contributed by atoms with Gasteiger partial charge in [0.15, 0.2) is 15.0 Å². The fourth-order valence-corrected chi connectivity index (χ4v) is 7.68. The lowest BCUT2D eigenvalue weighted by atomic mass is 10.1. The highest BCUT2D eigenvalue weighted by atomic mass is 32.2. The van der Waals surface area contributed by atoms with Gasteiger partial charge in [-0.25, -0.2) is 8.42 Å². The zero-order chi connectivity index (χ0) is 19.9. The molecule has 2 atom stereocenters. The van der Waals surface area contributed by atoms with Crippen LogP contribution in [-0.4, -0.2) is 42.3 Å². The second-order valence-electron chi connectivity index (χ2n) is 7.34. The van der Waals surface area contributed by atoms with Crippen LogP contribution in [0.3, 0.4) is 0 Å². The average Bonchev–Trinajstić information content (AvgIpc) is 3.09. The first-order valence-corrected chi connectivity index (χ1v) is 11.9. The molecule has 0 saturated carbocycles. The lowest BCUT2D eigenvalue weighted by molar-refractivity contribution is -0.117. The van der Waals surface area contributed by atoms with Crippen LogP contribution in [0.2, 0.25) is 0 Å². The fourth-order valence-electron chi connectivity index (χ4n) is 3.76. The number of fused-ring (bicyclic) bond motifs is 1. The van der Waals surface area contributed by atoms with Gasteiger partial charge in [-0.05, 0) is 36.6 Å². The van der Waals surface area contributed by atoms with Gasteiger partial charge in [0, 0.05) is 10.9 Å². The number of rotatable bonds is 3. The van der Waals surface area contributed by atoms with Gasteiger partial charge in [0.25, 0.3) is 5.91 Å². The normalized spacial score (nSPS) is 24.5. The van der Waals surface area contributed by atoms with Crippen LogP contribution < -0.4 is 4.90 Å². The van der Waals surface area contributed by atoms with E-state index in [1.54, 1.807) is 0 Å². The molecule has 4 rings (SSSR count). The number of benzene rings is 2. The number of thioether (sulfide) groups is 1. The molecule has 2 aromatic carbocycles. The SMILES string of the molecule is Cc1cccc(N2C(=NC(=O)Cc3ccccc3)S[C@@H]3CS(=O)(=O)C[C@H]32)c1C. The van der Waals surface area contributed by atoms with Crippen molar-refractivity contribution in [1.29, 1.82) is 0 Å². The van der Waals surface area contributed by atoms with Crippen molar-refractivity contribution < 1.29 is 13.2 Å². The second kappa shape index (κ2) is 7.37. The van der Waals surface area contributed by atoms with Gasteiger partial charge in [-0.15, -0.1) is 0 Å². The summed E-state index contributed by atoms with van der Waals surface area (Å²) in [7, 11) is -3.07. The molecule has 0 radical (unpaired) electrons. The minimum Gasteiger partial charge on any atom is -0.315 e. The van der Waals surface area contributed by atoms with Gasteiger partial charge in [0.05, 0.1) is 24.0 Å². The van der Waals surface area contributed by atoms with Crippen molar-refractivity contribution in [2.45, 2.75) is 31.6 Å². The predicted molar refractivity (Wildman–Crippen MR) is 115 cm³/mol. The Morgan fingerprint density at radius 3 is 2.61 bits per heavy atom. The lowest BCUT2D eigenvalue weighted by Crippen LogP contribution is -2.38. The number of aryl methyl sites for hydroxylation is 1. The van der Waals surface area contributed by atoms with Crippen LogP contribution in [0.1, 0.15) is 16.7 Å². The maximum absolute atomic E-state index is 12.6. The van der Waals surface area contributed by atoms with Gasteiger partial charge in [-0.2, -0.15) is 4.99 Å². The molecule has 0 N–H and O–H groups in total. The summed E-state index contributed by atoms with van der Waals surface area (Å²) in [4.78, 5) is 19.0. The Morgan fingerprint density at radius 2 is 1.86 bits per heavy atom. The van der Waals surface area contributed by atoms with Crippen molar-refractivity contribution in [3.8, 4) is 0 Å². The summed E-state index contributed by atoms with van der Waals surface area (Å²) in [5.74, 6) is 0.0198. The molecule has 2 aliphatic heterocycles. The molecule has 0 bridgehead atoms. The molecule has 2 fully saturated rings. The lowest BCUT2D eigenvalue weighted by Gasteiger charge is -2.26. The van der Waals surface area contributed by atoms with Crippen LogP contribution in [-0.2, 0) is 21.1 Å². The Kier molecular flexibility index (Phi) is 5.05. The van der Waals surface area contributed by atoms with Crippen LogP contribution in [0.4, 0.5) is 5.69 Å². The highest BCUT2D eigenvalue weighted by molar-refractivity contribution is 8.16. The molecule has 1 amide bonds. The molecule has 0 unspecified atom stereocenters. The zero-order valence-corrected chi connectivity index (χ0v) is 17.5. The van der Waals surface area contributed by atoms with Crippen LogP contribution >= 0.6 is 11.8 Å². The van der Waals surface area contributed by atoms with Gasteiger partial charge in [0.1, 0.15) is 0 Å². The number of nitrogens with zero attached hydrogens (tertiary/aromatic N) is 2. The van der Waals surface area contributed by atoms with Crippen LogP contribution in [0.25, 0.3) is 0 Å². The van der Waals surface area contributed by atoms with Crippen LogP contribution in [0.5, 0.6) is 0 Å². The molecule has 5 nitrogen and oxygen atoms in total. The molecule has 0 aromatic heterocycles. The first kappa shape index (κ1) is 19.2. The molecule has 146 valence electrons. The number of hydrogen-bond acceptors (Lipinski definition) is 4. The number of amidine groups is 1. The molecule has 0 spiro atoms. The molecular weight excluding hydrogens is 392 g/mol. The van der Waals surface area contributed by atoms with Gasteiger partial charge in [0.2, 0.25) is 0 Å². The van der Waals surface area contributed by atoms with Gasteiger partial charge < -0.3 is 4.90 Å². The topological polar surface area (TPSA) is 66.8 Å². The minimum atomic E-state index is -3.07. The van der Waals surface area contributed by atoms with E-state index in [4.69, 9.17) is 0 Å². The largest absolute Gasteiger partial charge is 0.315 e. The highest BCUT2D eigenvalue weighted by Gasteiger charge is 2.49. The van der Waals surface area contributed by atoms with Crippen molar-refractivity contribution >= 4 is 38.4 Å². The number of aliphatic imine (C=N–C) groups is 1. The van der Waals surface area contributed by atoms with Gasteiger partial charge in [-0.1, -0.05) is 54.2 Å². The van der Waals surface area contributed by atoms with E-state index in [0.29, 0.717) is 5.17 Å². The minimum absolute atomic E-state index is 0.0896. The van der Waals surface area contributed by atoms with E-state index in [9.17, 15) is 13.2 Å². The highest BCUT2D eigenvalue weighted by Crippen LogP contribution is 2.42. The summed E-state index contributed by atoms with van der Waals surface area (Å²) in [6.07, 6.45) is 0.235. The van der Waals surface area contributed by atoms with E-state index in [1.165, 1.54) is 11.8 Å². The van der Waals surface area contributed by atoms with E-state index in [1.807, 2.05) is 67.3 Å². The molecule has 7 heteroatoms. The number of hydrogen-bond donors (Lipinski definition) is 0. The van der Waals surface area contributed by atoms with E-state index < -0.39 is 9.84 Å². The fraction of sp³-hybridized carbons (Fsp3) is 0.333. The van der Waals surface area contributed by atoms with E-state index >= 15 is 0 Å². The Hall–Kier alpha value is -2.12. The Bertz CT molecular complexity index is 1050. The van der Waals surface area contributed by atoms with E-state index in [-0.39, 0.29) is 35.1 Å². The summed E-state index contributed by atoms with van der Waals surface area (Å²) < 4.78 is 24.4. The third-order valence-electron chi connectivity index (χ3n) is 5.32. The Morgan fingerprint density at radius 1 is 1.11 bits per heavy atom. The molecule has 28 heavy (non-hydrogen) atoms. The monoisotopic (exact) mass is 414 g/mol. The maximum Gasteiger partial charge on any atom is 0.252 e. The van der Waals surface area contributed by atoms with Crippen molar-refractivity contribution in [2.75, 3.05) is 16.4 Å². The number of sulfone groups is 1. The van der Waals surface area contributed by atoms with Crippen molar-refractivity contribution in [3.63, 3.8) is 0 Å². The summed E-state index contributed by atoms with van der Waals surface area (Å²) in [6, 6.07) is 15.3. The molecule has 2 aliphatic rings. The summed E-state index contributed by atoms with van der Waals surface area (Å²) in [6.45, 7) is 4.05. The summed E-state index contributed by atoms with van der Waals surface area (Å²) >= 11 is 1.42. The summed E-state index contributed by atoms with van der Waals surface area (Å²) in [5, 5.41) is 0.521. The van der Waals surface area contributed by atoms with Crippen molar-refractivity contribution in [2.24, 2.45) is 4.99 Å². The number of amides is 1. The average molecular weight is 415 g/mol. The first-order chi connectivity index (χ1) is 13.3. The number of carbonyl (C=O) groups excluding carboxylic acids is 1. The van der Waals surface area contributed by atoms with Crippen molar-refractivity contribution in [1.82, 2.24) is 0 Å². The van der Waals surface area contributed by atoms with E-state index in [0.717, 1.165) is 22.4 Å². The molecule has 0 aliphatic carbocycles. The number of anilines is 1. The number of carbonyl (C=O) groups is 1. The Balaban J connectivity index is 1.69. The van der Waals surface area contributed by atoms with Crippen molar-refractivity contribution in [3.05, 3.63) is 65.2 Å².